The number of rotatable bonds is 3. The fourth-order valence-electron chi connectivity index (χ4n) is 3.56. The van der Waals surface area contributed by atoms with Crippen LogP contribution in [0.2, 0.25) is 0 Å². The Morgan fingerprint density at radius 3 is 2.71 bits per heavy atom. The summed E-state index contributed by atoms with van der Waals surface area (Å²) in [4.78, 5) is 24.9. The molecule has 2 N–H and O–H groups in total. The Morgan fingerprint density at radius 1 is 1.43 bits per heavy atom. The first-order chi connectivity index (χ1) is 9.82. The summed E-state index contributed by atoms with van der Waals surface area (Å²) in [6.07, 6.45) is 2.56. The van der Waals surface area contributed by atoms with Gasteiger partial charge in [-0.25, -0.2) is 8.42 Å². The van der Waals surface area contributed by atoms with Gasteiger partial charge in [0.05, 0.1) is 0 Å². The summed E-state index contributed by atoms with van der Waals surface area (Å²) in [5.41, 5.74) is 0.270. The number of hydrogen-bond donors (Lipinski definition) is 2. The SMILES string of the molecule is Cc1[nH]c(=O)sc1S(=O)(=O)N1CC2CCCC2C1C(=O)O. The Labute approximate surface area is 125 Å². The molecule has 2 aliphatic rings. The highest BCUT2D eigenvalue weighted by Gasteiger charge is 2.52. The van der Waals surface area contributed by atoms with Gasteiger partial charge in [0, 0.05) is 12.2 Å². The zero-order valence-electron chi connectivity index (χ0n) is 11.4. The number of fused-ring (bicyclic) bond motifs is 1. The van der Waals surface area contributed by atoms with Crippen LogP contribution in [0.3, 0.4) is 0 Å². The van der Waals surface area contributed by atoms with E-state index in [-0.39, 0.29) is 28.3 Å². The molecular formula is C12H16N2O5S2. The van der Waals surface area contributed by atoms with Crippen LogP contribution >= 0.6 is 11.3 Å². The van der Waals surface area contributed by atoms with Crippen molar-refractivity contribution >= 4 is 27.3 Å². The Hall–Kier alpha value is -1.19. The van der Waals surface area contributed by atoms with E-state index < -0.39 is 26.9 Å². The molecule has 3 unspecified atom stereocenters. The Bertz CT molecular complexity index is 735. The number of aryl methyl sites for hydroxylation is 1. The van der Waals surface area contributed by atoms with E-state index >= 15 is 0 Å². The monoisotopic (exact) mass is 332 g/mol. The topological polar surface area (TPSA) is 108 Å². The van der Waals surface area contributed by atoms with Gasteiger partial charge in [-0.15, -0.1) is 0 Å². The molecule has 1 aliphatic carbocycles. The quantitative estimate of drug-likeness (QED) is 0.843. The van der Waals surface area contributed by atoms with Gasteiger partial charge in [0.1, 0.15) is 6.04 Å². The van der Waals surface area contributed by atoms with Gasteiger partial charge in [0.15, 0.2) is 4.21 Å². The van der Waals surface area contributed by atoms with Crippen molar-refractivity contribution in [3.05, 3.63) is 15.4 Å². The van der Waals surface area contributed by atoms with Crippen LogP contribution in [0.5, 0.6) is 0 Å². The number of aromatic nitrogens is 1. The molecule has 1 saturated carbocycles. The molecule has 116 valence electrons. The number of nitrogens with one attached hydrogen (secondary N) is 1. The van der Waals surface area contributed by atoms with Crippen LogP contribution in [0.25, 0.3) is 0 Å². The number of aliphatic carboxylic acids is 1. The fraction of sp³-hybridized carbons (Fsp3) is 0.667. The Kier molecular flexibility index (Phi) is 3.45. The predicted octanol–water partition coefficient (Wildman–Crippen LogP) is 0.619. The number of thiazole rings is 1. The first-order valence-electron chi connectivity index (χ1n) is 6.76. The average molecular weight is 332 g/mol. The highest BCUT2D eigenvalue weighted by molar-refractivity contribution is 7.91. The van der Waals surface area contributed by atoms with E-state index in [4.69, 9.17) is 0 Å². The van der Waals surface area contributed by atoms with Gasteiger partial charge in [-0.3, -0.25) is 9.59 Å². The van der Waals surface area contributed by atoms with Crippen LogP contribution in [0.1, 0.15) is 25.0 Å². The molecule has 1 saturated heterocycles. The van der Waals surface area contributed by atoms with Crippen molar-refractivity contribution in [1.82, 2.24) is 9.29 Å². The number of sulfonamides is 1. The maximum atomic E-state index is 12.7. The molecule has 0 amide bonds. The lowest BCUT2D eigenvalue weighted by Gasteiger charge is -2.23. The minimum atomic E-state index is -3.94. The van der Waals surface area contributed by atoms with Gasteiger partial charge in [0.25, 0.3) is 10.0 Å². The van der Waals surface area contributed by atoms with Crippen LogP contribution in [0, 0.1) is 18.8 Å². The first-order valence-corrected chi connectivity index (χ1v) is 9.02. The molecule has 0 aromatic carbocycles. The lowest BCUT2D eigenvalue weighted by molar-refractivity contribution is -0.142. The van der Waals surface area contributed by atoms with E-state index in [0.29, 0.717) is 11.3 Å². The van der Waals surface area contributed by atoms with E-state index in [1.165, 1.54) is 6.92 Å². The second-order valence-electron chi connectivity index (χ2n) is 5.64. The number of nitrogens with zero attached hydrogens (tertiary/aromatic N) is 1. The molecule has 1 aromatic heterocycles. The summed E-state index contributed by atoms with van der Waals surface area (Å²) in [6.45, 7) is 1.74. The molecule has 1 aromatic rings. The van der Waals surface area contributed by atoms with E-state index in [9.17, 15) is 23.1 Å². The fourth-order valence-corrected chi connectivity index (χ4v) is 6.66. The lowest BCUT2D eigenvalue weighted by Crippen LogP contribution is -2.43. The minimum Gasteiger partial charge on any atom is -0.480 e. The number of hydrogen-bond acceptors (Lipinski definition) is 5. The largest absolute Gasteiger partial charge is 0.480 e. The average Bonchev–Trinajstić information content (AvgIpc) is 3.01. The number of carbonyl (C=O) groups is 1. The van der Waals surface area contributed by atoms with E-state index in [2.05, 4.69) is 4.98 Å². The van der Waals surface area contributed by atoms with E-state index in [0.717, 1.165) is 23.6 Å². The van der Waals surface area contributed by atoms with Crippen LogP contribution in [-0.2, 0) is 14.8 Å². The molecule has 9 heteroatoms. The first kappa shape index (κ1) is 14.7. The standard InChI is InChI=1S/C12H16N2O5S2/c1-6-11(20-12(17)13-6)21(18,19)14-5-7-3-2-4-8(7)9(14)10(15)16/h7-9H,2-5H2,1H3,(H,13,17)(H,15,16). The van der Waals surface area contributed by atoms with Crippen molar-refractivity contribution in [3.8, 4) is 0 Å². The Morgan fingerprint density at radius 2 is 2.14 bits per heavy atom. The maximum absolute atomic E-state index is 12.7. The van der Waals surface area contributed by atoms with Crippen molar-refractivity contribution in [2.45, 2.75) is 36.4 Å². The summed E-state index contributed by atoms with van der Waals surface area (Å²) in [6, 6.07) is -1.01. The van der Waals surface area contributed by atoms with Gasteiger partial charge < -0.3 is 10.1 Å². The lowest BCUT2D eigenvalue weighted by atomic mass is 9.94. The van der Waals surface area contributed by atoms with Crippen LogP contribution in [0.4, 0.5) is 0 Å². The van der Waals surface area contributed by atoms with Crippen molar-refractivity contribution in [3.63, 3.8) is 0 Å². The van der Waals surface area contributed by atoms with Crippen molar-refractivity contribution in [2.75, 3.05) is 6.54 Å². The van der Waals surface area contributed by atoms with E-state index in [1.807, 2.05) is 0 Å². The minimum absolute atomic E-state index is 0.0706. The normalized spacial score (nSPS) is 29.7. The zero-order chi connectivity index (χ0) is 15.4. The van der Waals surface area contributed by atoms with Crippen molar-refractivity contribution in [1.29, 1.82) is 0 Å². The van der Waals surface area contributed by atoms with Gasteiger partial charge in [-0.2, -0.15) is 4.31 Å². The highest BCUT2D eigenvalue weighted by Crippen LogP contribution is 2.44. The molecule has 21 heavy (non-hydrogen) atoms. The molecule has 0 bridgehead atoms. The summed E-state index contributed by atoms with van der Waals surface area (Å²) in [5, 5.41) is 9.44. The van der Waals surface area contributed by atoms with Gasteiger partial charge in [-0.05, 0) is 31.6 Å². The number of carboxylic acids is 1. The number of carboxylic acid groups (broad SMARTS) is 1. The zero-order valence-corrected chi connectivity index (χ0v) is 13.0. The Balaban J connectivity index is 2.04. The summed E-state index contributed by atoms with van der Waals surface area (Å²) >= 11 is 0.616. The van der Waals surface area contributed by atoms with Crippen LogP contribution < -0.4 is 4.87 Å². The smallest absolute Gasteiger partial charge is 0.322 e. The van der Waals surface area contributed by atoms with Crippen LogP contribution in [0.15, 0.2) is 9.00 Å². The molecule has 2 heterocycles. The van der Waals surface area contributed by atoms with Gasteiger partial charge in [0.2, 0.25) is 0 Å². The molecule has 3 rings (SSSR count). The third-order valence-electron chi connectivity index (χ3n) is 4.43. The maximum Gasteiger partial charge on any atom is 0.322 e. The highest BCUT2D eigenvalue weighted by atomic mass is 32.2. The molecule has 0 radical (unpaired) electrons. The molecule has 3 atom stereocenters. The summed E-state index contributed by atoms with van der Waals surface area (Å²) < 4.78 is 26.5. The molecule has 7 nitrogen and oxygen atoms in total. The molecule has 0 spiro atoms. The summed E-state index contributed by atoms with van der Waals surface area (Å²) in [5.74, 6) is -1.11. The van der Waals surface area contributed by atoms with Crippen molar-refractivity contribution < 1.29 is 18.3 Å². The summed E-state index contributed by atoms with van der Waals surface area (Å²) in [7, 11) is -3.94. The van der Waals surface area contributed by atoms with Crippen molar-refractivity contribution in [2.24, 2.45) is 11.8 Å². The second-order valence-corrected chi connectivity index (χ2v) is 8.71. The molecule has 2 fully saturated rings. The molecule has 1 aliphatic heterocycles. The third-order valence-corrected chi connectivity index (χ3v) is 7.85. The van der Waals surface area contributed by atoms with E-state index in [1.54, 1.807) is 0 Å². The number of aromatic amines is 1. The number of H-pyrrole nitrogens is 1. The third kappa shape index (κ3) is 2.23. The second kappa shape index (κ2) is 4.92. The van der Waals surface area contributed by atoms with Crippen LogP contribution in [-0.4, -0.2) is 41.4 Å². The predicted molar refractivity (Wildman–Crippen MR) is 75.8 cm³/mol. The molecular weight excluding hydrogens is 316 g/mol. The van der Waals surface area contributed by atoms with Gasteiger partial charge >= 0.3 is 10.8 Å². The van der Waals surface area contributed by atoms with Gasteiger partial charge in [-0.1, -0.05) is 17.8 Å².